The molecule has 4 nitrogen and oxygen atoms in total. The Morgan fingerprint density at radius 1 is 0.550 bits per heavy atom. The van der Waals surface area contributed by atoms with Crippen LogP contribution in [0.5, 0.6) is 0 Å². The molecule has 0 bridgehead atoms. The molecular formula is C14H32O4P2. The second-order valence-electron chi connectivity index (χ2n) is 5.22. The average molecular weight is 326 g/mol. The highest BCUT2D eigenvalue weighted by atomic mass is 31.1. The van der Waals surface area contributed by atoms with E-state index in [0.717, 1.165) is 12.8 Å². The minimum atomic E-state index is -1.73. The van der Waals surface area contributed by atoms with Gasteiger partial charge in [-0.05, 0) is 12.8 Å². The van der Waals surface area contributed by atoms with E-state index >= 15 is 0 Å². The molecule has 0 spiro atoms. The van der Waals surface area contributed by atoms with Gasteiger partial charge < -0.3 is 9.05 Å². The van der Waals surface area contributed by atoms with Crippen molar-refractivity contribution >= 4 is 16.1 Å². The molecule has 0 amide bonds. The highest BCUT2D eigenvalue weighted by Gasteiger charge is 1.95. The summed E-state index contributed by atoms with van der Waals surface area (Å²) in [5, 5.41) is 0. The lowest BCUT2D eigenvalue weighted by Crippen LogP contribution is -1.88. The molecule has 0 aliphatic carbocycles. The Morgan fingerprint density at radius 3 is 1.05 bits per heavy atom. The summed E-state index contributed by atoms with van der Waals surface area (Å²) in [4.78, 5) is 0. The minimum absolute atomic E-state index is 0.653. The van der Waals surface area contributed by atoms with Crippen LogP contribution >= 0.6 is 16.1 Å². The third-order valence-corrected chi connectivity index (χ3v) is 4.37. The molecular weight excluding hydrogens is 294 g/mol. The molecule has 0 heterocycles. The Bertz CT molecular complexity index is 234. The van der Waals surface area contributed by atoms with Gasteiger partial charge in [-0.3, -0.25) is 9.13 Å². The fraction of sp³-hybridized carbons (Fsp3) is 1.00. The van der Waals surface area contributed by atoms with E-state index < -0.39 is 16.1 Å². The van der Waals surface area contributed by atoms with Crippen LogP contribution in [0.15, 0.2) is 0 Å². The van der Waals surface area contributed by atoms with Gasteiger partial charge in [-0.15, -0.1) is 0 Å². The Kier molecular flexibility index (Phi) is 16.1. The first-order valence-electron chi connectivity index (χ1n) is 7.89. The van der Waals surface area contributed by atoms with Gasteiger partial charge >= 0.3 is 0 Å². The number of hydrogen-bond acceptors (Lipinski definition) is 4. The van der Waals surface area contributed by atoms with Crippen molar-refractivity contribution in [3.8, 4) is 0 Å². The Hall–Kier alpha value is 0.380. The molecule has 0 N–H and O–H groups in total. The largest absolute Gasteiger partial charge is 0.331 e. The van der Waals surface area contributed by atoms with Gasteiger partial charge in [0.15, 0.2) is 16.1 Å². The SMILES string of the molecule is C[PH](=O)OCCCCCCCCCCCCO[PH](C)=O. The van der Waals surface area contributed by atoms with Crippen molar-refractivity contribution < 1.29 is 18.2 Å². The van der Waals surface area contributed by atoms with Crippen molar-refractivity contribution in [1.82, 2.24) is 0 Å². The van der Waals surface area contributed by atoms with Crippen LogP contribution in [0.25, 0.3) is 0 Å². The lowest BCUT2D eigenvalue weighted by molar-refractivity contribution is 0.317. The van der Waals surface area contributed by atoms with Crippen molar-refractivity contribution in [1.29, 1.82) is 0 Å². The number of hydrogen-bond donors (Lipinski definition) is 0. The normalized spacial score (nSPS) is 14.3. The lowest BCUT2D eigenvalue weighted by Gasteiger charge is -2.03. The van der Waals surface area contributed by atoms with Crippen LogP contribution in [0.3, 0.4) is 0 Å². The predicted molar refractivity (Wildman–Crippen MR) is 87.9 cm³/mol. The molecule has 122 valence electrons. The zero-order valence-corrected chi connectivity index (χ0v) is 15.1. The molecule has 0 aliphatic rings. The molecule has 0 saturated heterocycles. The molecule has 0 aromatic rings. The van der Waals surface area contributed by atoms with Crippen LogP contribution in [-0.2, 0) is 18.2 Å². The maximum atomic E-state index is 10.7. The zero-order valence-electron chi connectivity index (χ0n) is 13.1. The Labute approximate surface area is 125 Å². The second kappa shape index (κ2) is 15.8. The Morgan fingerprint density at radius 2 is 0.800 bits per heavy atom. The van der Waals surface area contributed by atoms with E-state index in [1.807, 2.05) is 0 Å². The summed E-state index contributed by atoms with van der Waals surface area (Å²) in [6.07, 6.45) is 12.2. The first kappa shape index (κ1) is 20.4. The van der Waals surface area contributed by atoms with Crippen LogP contribution < -0.4 is 0 Å². The van der Waals surface area contributed by atoms with E-state index in [2.05, 4.69) is 0 Å². The van der Waals surface area contributed by atoms with E-state index in [9.17, 15) is 9.13 Å². The van der Waals surface area contributed by atoms with Gasteiger partial charge in [-0.1, -0.05) is 51.4 Å². The van der Waals surface area contributed by atoms with Crippen LogP contribution in [0.2, 0.25) is 0 Å². The standard InChI is InChI=1S/C14H32O4P2/c1-19(15)17-13-11-9-7-5-3-4-6-8-10-12-14-18-20(2)16/h19-20H,3-14H2,1-2H3. The van der Waals surface area contributed by atoms with Gasteiger partial charge in [0.2, 0.25) is 0 Å². The molecule has 20 heavy (non-hydrogen) atoms. The van der Waals surface area contributed by atoms with Crippen LogP contribution in [0, 0.1) is 0 Å². The lowest BCUT2D eigenvalue weighted by atomic mass is 10.1. The molecule has 6 heteroatoms. The van der Waals surface area contributed by atoms with Crippen LogP contribution in [0.4, 0.5) is 0 Å². The summed E-state index contributed by atoms with van der Waals surface area (Å²) >= 11 is 0. The molecule has 0 aromatic heterocycles. The van der Waals surface area contributed by atoms with E-state index in [4.69, 9.17) is 9.05 Å². The van der Waals surface area contributed by atoms with Gasteiger partial charge in [-0.2, -0.15) is 0 Å². The molecule has 0 saturated carbocycles. The summed E-state index contributed by atoms with van der Waals surface area (Å²) in [6.45, 7) is 4.58. The summed E-state index contributed by atoms with van der Waals surface area (Å²) in [6, 6.07) is 0. The topological polar surface area (TPSA) is 52.6 Å². The fourth-order valence-corrected chi connectivity index (χ4v) is 2.91. The summed E-state index contributed by atoms with van der Waals surface area (Å²) in [5.74, 6) is 0. The zero-order chi connectivity index (χ0) is 15.1. The van der Waals surface area contributed by atoms with Gasteiger partial charge in [-0.25, -0.2) is 0 Å². The van der Waals surface area contributed by atoms with Crippen molar-refractivity contribution in [3.05, 3.63) is 0 Å². The maximum absolute atomic E-state index is 10.7. The molecule has 0 aliphatic heterocycles. The number of rotatable bonds is 15. The third kappa shape index (κ3) is 18.4. The molecule has 2 atom stereocenters. The molecule has 0 rings (SSSR count). The van der Waals surface area contributed by atoms with E-state index in [1.54, 1.807) is 13.3 Å². The summed E-state index contributed by atoms with van der Waals surface area (Å²) < 4.78 is 31.6. The van der Waals surface area contributed by atoms with Gasteiger partial charge in [0.1, 0.15) is 0 Å². The highest BCUT2D eigenvalue weighted by molar-refractivity contribution is 7.38. The minimum Gasteiger partial charge on any atom is -0.331 e. The first-order chi connectivity index (χ1) is 9.63. The smallest absolute Gasteiger partial charge is 0.188 e. The van der Waals surface area contributed by atoms with Gasteiger partial charge in [0, 0.05) is 13.3 Å². The maximum Gasteiger partial charge on any atom is 0.188 e. The van der Waals surface area contributed by atoms with Crippen molar-refractivity contribution in [2.75, 3.05) is 26.5 Å². The molecule has 0 fully saturated rings. The fourth-order valence-electron chi connectivity index (χ4n) is 2.05. The monoisotopic (exact) mass is 326 g/mol. The van der Waals surface area contributed by atoms with Crippen molar-refractivity contribution in [2.24, 2.45) is 0 Å². The first-order valence-corrected chi connectivity index (χ1v) is 11.5. The van der Waals surface area contributed by atoms with E-state index in [0.29, 0.717) is 13.2 Å². The molecule has 0 aromatic carbocycles. The van der Waals surface area contributed by atoms with Crippen LogP contribution in [0.1, 0.15) is 64.2 Å². The quantitative estimate of drug-likeness (QED) is 0.309. The summed E-state index contributed by atoms with van der Waals surface area (Å²) in [7, 11) is -3.46. The predicted octanol–water partition coefficient (Wildman–Crippen LogP) is 5.13. The van der Waals surface area contributed by atoms with Gasteiger partial charge in [0.05, 0.1) is 13.2 Å². The molecule has 0 radical (unpaired) electrons. The van der Waals surface area contributed by atoms with Crippen molar-refractivity contribution in [2.45, 2.75) is 64.2 Å². The van der Waals surface area contributed by atoms with Gasteiger partial charge in [0.25, 0.3) is 0 Å². The third-order valence-electron chi connectivity index (χ3n) is 3.15. The van der Waals surface area contributed by atoms with Crippen LogP contribution in [-0.4, -0.2) is 26.5 Å². The highest BCUT2D eigenvalue weighted by Crippen LogP contribution is 2.17. The summed E-state index contributed by atoms with van der Waals surface area (Å²) in [5.41, 5.74) is 0. The van der Waals surface area contributed by atoms with E-state index in [-0.39, 0.29) is 0 Å². The molecule has 2 unspecified atom stereocenters. The Balaban J connectivity index is 2.99. The second-order valence-corrected chi connectivity index (χ2v) is 7.76. The average Bonchev–Trinajstić information content (AvgIpc) is 2.38. The number of unbranched alkanes of at least 4 members (excludes halogenated alkanes) is 9. The van der Waals surface area contributed by atoms with Crippen molar-refractivity contribution in [3.63, 3.8) is 0 Å². The van der Waals surface area contributed by atoms with E-state index in [1.165, 1.54) is 51.4 Å².